The molecular formula is C18H23FN2O3. The summed E-state index contributed by atoms with van der Waals surface area (Å²) in [5.41, 5.74) is 0.665. The van der Waals surface area contributed by atoms with Gasteiger partial charge in [0, 0.05) is 25.7 Å². The summed E-state index contributed by atoms with van der Waals surface area (Å²) in [6, 6.07) is 6.16. The number of rotatable bonds is 4. The molecule has 0 bridgehead atoms. The smallest absolute Gasteiger partial charge is 0.251 e. The lowest BCUT2D eigenvalue weighted by atomic mass is 10.0. The van der Waals surface area contributed by atoms with Crippen LogP contribution in [-0.4, -0.2) is 48.6 Å². The molecule has 1 atom stereocenters. The topological polar surface area (TPSA) is 58.6 Å². The molecule has 1 aromatic carbocycles. The molecule has 0 spiro atoms. The van der Waals surface area contributed by atoms with Crippen molar-refractivity contribution < 1.29 is 18.7 Å². The summed E-state index contributed by atoms with van der Waals surface area (Å²) < 4.78 is 18.6. The van der Waals surface area contributed by atoms with Crippen molar-refractivity contribution in [1.82, 2.24) is 10.2 Å². The van der Waals surface area contributed by atoms with Crippen LogP contribution >= 0.6 is 0 Å². The number of likely N-dealkylation sites (tertiary alicyclic amines) is 1. The van der Waals surface area contributed by atoms with Crippen LogP contribution in [0.4, 0.5) is 4.39 Å². The molecule has 0 radical (unpaired) electrons. The largest absolute Gasteiger partial charge is 0.368 e. The lowest BCUT2D eigenvalue weighted by molar-refractivity contribution is -0.142. The van der Waals surface area contributed by atoms with E-state index in [4.69, 9.17) is 4.74 Å². The summed E-state index contributed by atoms with van der Waals surface area (Å²) in [5.74, 6) is -0.359. The van der Waals surface area contributed by atoms with Gasteiger partial charge < -0.3 is 15.0 Å². The van der Waals surface area contributed by atoms with E-state index in [1.54, 1.807) is 12.1 Å². The first-order valence-corrected chi connectivity index (χ1v) is 8.56. The quantitative estimate of drug-likeness (QED) is 0.911. The van der Waals surface area contributed by atoms with Crippen molar-refractivity contribution in [3.63, 3.8) is 0 Å². The molecule has 2 amide bonds. The predicted molar refractivity (Wildman–Crippen MR) is 86.8 cm³/mol. The molecule has 0 saturated carbocycles. The second kappa shape index (κ2) is 7.75. The second-order valence-corrected chi connectivity index (χ2v) is 6.48. The highest BCUT2D eigenvalue weighted by Gasteiger charge is 2.31. The van der Waals surface area contributed by atoms with Gasteiger partial charge in [0.1, 0.15) is 11.9 Å². The van der Waals surface area contributed by atoms with Gasteiger partial charge in [-0.1, -0.05) is 12.1 Å². The van der Waals surface area contributed by atoms with E-state index in [-0.39, 0.29) is 36.2 Å². The molecule has 1 unspecified atom stereocenters. The van der Waals surface area contributed by atoms with Crippen molar-refractivity contribution in [1.29, 1.82) is 0 Å². The Labute approximate surface area is 141 Å². The van der Waals surface area contributed by atoms with Gasteiger partial charge in [-0.3, -0.25) is 9.59 Å². The average molecular weight is 334 g/mol. The van der Waals surface area contributed by atoms with Crippen LogP contribution in [0.5, 0.6) is 0 Å². The van der Waals surface area contributed by atoms with Gasteiger partial charge in [-0.05, 0) is 43.4 Å². The average Bonchev–Trinajstić information content (AvgIpc) is 3.09. The first kappa shape index (κ1) is 16.9. The van der Waals surface area contributed by atoms with Crippen LogP contribution in [0.3, 0.4) is 0 Å². The van der Waals surface area contributed by atoms with Gasteiger partial charge >= 0.3 is 0 Å². The number of benzene rings is 1. The molecule has 24 heavy (non-hydrogen) atoms. The molecular weight excluding hydrogens is 311 g/mol. The molecule has 2 aliphatic rings. The molecule has 1 aromatic rings. The molecule has 5 nitrogen and oxygen atoms in total. The third-order valence-corrected chi connectivity index (χ3v) is 4.63. The zero-order valence-electron chi connectivity index (χ0n) is 13.7. The zero-order valence-corrected chi connectivity index (χ0v) is 13.7. The third-order valence-electron chi connectivity index (χ3n) is 4.63. The summed E-state index contributed by atoms with van der Waals surface area (Å²) in [5, 5.41) is 2.99. The molecule has 0 aromatic heterocycles. The fourth-order valence-corrected chi connectivity index (χ4v) is 3.33. The minimum atomic E-state index is -0.332. The molecule has 2 saturated heterocycles. The number of nitrogens with zero attached hydrogens (tertiary/aromatic N) is 1. The first-order valence-electron chi connectivity index (χ1n) is 8.56. The second-order valence-electron chi connectivity index (χ2n) is 6.48. The lowest BCUT2D eigenvalue weighted by Crippen LogP contribution is -2.49. The Bertz CT molecular complexity index is 594. The van der Waals surface area contributed by atoms with Crippen molar-refractivity contribution in [2.45, 2.75) is 44.2 Å². The van der Waals surface area contributed by atoms with Crippen LogP contribution in [0.25, 0.3) is 0 Å². The molecule has 1 N–H and O–H groups in total. The van der Waals surface area contributed by atoms with Gasteiger partial charge in [-0.15, -0.1) is 0 Å². The lowest BCUT2D eigenvalue weighted by Gasteiger charge is -2.33. The van der Waals surface area contributed by atoms with Crippen LogP contribution in [0.2, 0.25) is 0 Å². The highest BCUT2D eigenvalue weighted by molar-refractivity contribution is 5.81. The van der Waals surface area contributed by atoms with Gasteiger partial charge in [-0.25, -0.2) is 4.39 Å². The summed E-state index contributed by atoms with van der Waals surface area (Å²) in [7, 11) is 0. The van der Waals surface area contributed by atoms with Crippen LogP contribution in [0, 0.1) is 5.82 Å². The number of piperidine rings is 1. The third kappa shape index (κ3) is 4.32. The number of hydrogen-bond acceptors (Lipinski definition) is 3. The predicted octanol–water partition coefficient (Wildman–Crippen LogP) is 1.65. The molecule has 3 rings (SSSR count). The number of halogens is 1. The van der Waals surface area contributed by atoms with E-state index in [2.05, 4.69) is 5.32 Å². The van der Waals surface area contributed by atoms with Crippen molar-refractivity contribution >= 4 is 11.8 Å². The molecule has 2 fully saturated rings. The maximum absolute atomic E-state index is 13.1. The Kier molecular flexibility index (Phi) is 5.45. The van der Waals surface area contributed by atoms with Gasteiger partial charge in [0.05, 0.1) is 6.42 Å². The Morgan fingerprint density at radius 1 is 1.25 bits per heavy atom. The first-order chi connectivity index (χ1) is 11.6. The highest BCUT2D eigenvalue weighted by atomic mass is 19.1. The number of nitrogens with one attached hydrogen (secondary N) is 1. The summed E-state index contributed by atoms with van der Waals surface area (Å²) in [6.07, 6.45) is 3.14. The van der Waals surface area contributed by atoms with E-state index in [1.807, 2.05) is 4.90 Å². The van der Waals surface area contributed by atoms with Crippen molar-refractivity contribution in [3.05, 3.63) is 35.6 Å². The molecule has 130 valence electrons. The van der Waals surface area contributed by atoms with Crippen LogP contribution in [0.15, 0.2) is 24.3 Å². The molecule has 6 heteroatoms. The Balaban J connectivity index is 1.43. The molecule has 2 heterocycles. The number of amides is 2. The van der Waals surface area contributed by atoms with Gasteiger partial charge in [-0.2, -0.15) is 0 Å². The monoisotopic (exact) mass is 334 g/mol. The number of carbonyl (C=O) groups is 2. The van der Waals surface area contributed by atoms with Gasteiger partial charge in [0.25, 0.3) is 5.91 Å². The Morgan fingerprint density at radius 3 is 2.71 bits per heavy atom. The van der Waals surface area contributed by atoms with Crippen molar-refractivity contribution in [3.8, 4) is 0 Å². The minimum absolute atomic E-state index is 0.0691. The standard InChI is InChI=1S/C18H23FN2O3/c19-14-4-1-3-13(11-14)12-17(22)20-15-6-8-21(9-7-15)18(23)16-5-2-10-24-16/h1,3-4,11,15-16H,2,5-10,12H2,(H,20,22). The van der Waals surface area contributed by atoms with Crippen LogP contribution in [-0.2, 0) is 20.7 Å². The molecule has 2 aliphatic heterocycles. The Morgan fingerprint density at radius 2 is 2.04 bits per heavy atom. The summed E-state index contributed by atoms with van der Waals surface area (Å²) in [4.78, 5) is 26.2. The maximum Gasteiger partial charge on any atom is 0.251 e. The SMILES string of the molecule is O=C(Cc1cccc(F)c1)NC1CCN(C(=O)C2CCCO2)CC1. The number of ether oxygens (including phenoxy) is 1. The molecule has 0 aliphatic carbocycles. The van der Waals surface area contributed by atoms with E-state index in [1.165, 1.54) is 12.1 Å². The van der Waals surface area contributed by atoms with Crippen LogP contribution < -0.4 is 5.32 Å². The fourth-order valence-electron chi connectivity index (χ4n) is 3.33. The van der Waals surface area contributed by atoms with Crippen LogP contribution in [0.1, 0.15) is 31.2 Å². The van der Waals surface area contributed by atoms with E-state index in [9.17, 15) is 14.0 Å². The Hall–Kier alpha value is -1.95. The van der Waals surface area contributed by atoms with E-state index in [0.717, 1.165) is 25.7 Å². The summed E-state index contributed by atoms with van der Waals surface area (Å²) in [6.45, 7) is 1.95. The minimum Gasteiger partial charge on any atom is -0.368 e. The summed E-state index contributed by atoms with van der Waals surface area (Å²) >= 11 is 0. The number of hydrogen-bond donors (Lipinski definition) is 1. The number of carbonyl (C=O) groups excluding carboxylic acids is 2. The van der Waals surface area contributed by atoms with Gasteiger partial charge in [0.15, 0.2) is 0 Å². The fraction of sp³-hybridized carbons (Fsp3) is 0.556. The highest BCUT2D eigenvalue weighted by Crippen LogP contribution is 2.18. The zero-order chi connectivity index (χ0) is 16.9. The van der Waals surface area contributed by atoms with E-state index >= 15 is 0 Å². The maximum atomic E-state index is 13.1. The van der Waals surface area contributed by atoms with E-state index in [0.29, 0.717) is 25.3 Å². The van der Waals surface area contributed by atoms with Crippen molar-refractivity contribution in [2.75, 3.05) is 19.7 Å². The normalized spacial score (nSPS) is 21.7. The van der Waals surface area contributed by atoms with Crippen molar-refractivity contribution in [2.24, 2.45) is 0 Å². The van der Waals surface area contributed by atoms with E-state index < -0.39 is 0 Å². The van der Waals surface area contributed by atoms with Gasteiger partial charge in [0.2, 0.25) is 5.91 Å².